The van der Waals surface area contributed by atoms with Crippen LogP contribution in [0.1, 0.15) is 10.4 Å². The molecule has 0 aliphatic carbocycles. The van der Waals surface area contributed by atoms with E-state index in [0.29, 0.717) is 27.4 Å². The van der Waals surface area contributed by atoms with Gasteiger partial charge in [0.2, 0.25) is 0 Å². The molecule has 0 unspecified atom stereocenters. The number of ether oxygens (including phenoxy) is 2. The van der Waals surface area contributed by atoms with Crippen LogP contribution in [-0.4, -0.2) is 25.1 Å². The van der Waals surface area contributed by atoms with Gasteiger partial charge in [-0.1, -0.05) is 0 Å². The van der Waals surface area contributed by atoms with Gasteiger partial charge < -0.3 is 14.8 Å². The van der Waals surface area contributed by atoms with E-state index in [1.54, 1.807) is 36.5 Å². The first-order valence-electron chi connectivity index (χ1n) is 5.79. The fraction of sp³-hybridized carbons (Fsp3) is 0.143. The maximum absolute atomic E-state index is 12.2. The third-order valence-electron chi connectivity index (χ3n) is 2.62. The van der Waals surface area contributed by atoms with Crippen LogP contribution in [0.4, 0.5) is 5.69 Å². The second-order valence-electron chi connectivity index (χ2n) is 3.90. The highest BCUT2D eigenvalue weighted by Gasteiger charge is 2.11. The number of hydrogen-bond donors (Lipinski definition) is 1. The van der Waals surface area contributed by atoms with E-state index in [1.807, 2.05) is 0 Å². The monoisotopic (exact) mass is 336 g/mol. The van der Waals surface area contributed by atoms with Crippen molar-refractivity contribution in [2.45, 2.75) is 0 Å². The third kappa shape index (κ3) is 3.27. The SMILES string of the molecule is COc1cc(OC)cc(C(=O)Nc2cccnc2Br)c1. The molecule has 2 rings (SSSR count). The number of rotatable bonds is 4. The van der Waals surface area contributed by atoms with Crippen LogP contribution in [0.5, 0.6) is 11.5 Å². The molecule has 0 saturated carbocycles. The Morgan fingerprint density at radius 1 is 1.20 bits per heavy atom. The molecule has 6 heteroatoms. The van der Waals surface area contributed by atoms with Gasteiger partial charge >= 0.3 is 0 Å². The average molecular weight is 337 g/mol. The van der Waals surface area contributed by atoms with E-state index >= 15 is 0 Å². The predicted octanol–water partition coefficient (Wildman–Crippen LogP) is 3.11. The number of pyridine rings is 1. The molecule has 0 saturated heterocycles. The third-order valence-corrected chi connectivity index (χ3v) is 3.25. The van der Waals surface area contributed by atoms with E-state index in [2.05, 4.69) is 26.2 Å². The molecule has 5 nitrogen and oxygen atoms in total. The zero-order valence-corrected chi connectivity index (χ0v) is 12.6. The highest BCUT2D eigenvalue weighted by Crippen LogP contribution is 2.24. The predicted molar refractivity (Wildman–Crippen MR) is 79.4 cm³/mol. The first-order chi connectivity index (χ1) is 9.63. The van der Waals surface area contributed by atoms with Gasteiger partial charge in [-0.25, -0.2) is 4.98 Å². The second-order valence-corrected chi connectivity index (χ2v) is 4.65. The Kier molecular flexibility index (Phi) is 4.57. The van der Waals surface area contributed by atoms with Crippen LogP contribution in [0, 0.1) is 0 Å². The Morgan fingerprint density at radius 3 is 2.40 bits per heavy atom. The van der Waals surface area contributed by atoms with Crippen molar-refractivity contribution in [3.05, 3.63) is 46.7 Å². The summed E-state index contributed by atoms with van der Waals surface area (Å²) in [5.41, 5.74) is 1.04. The highest BCUT2D eigenvalue weighted by atomic mass is 79.9. The minimum Gasteiger partial charge on any atom is -0.497 e. The number of hydrogen-bond acceptors (Lipinski definition) is 4. The van der Waals surface area contributed by atoms with E-state index in [-0.39, 0.29) is 5.91 Å². The van der Waals surface area contributed by atoms with Crippen LogP contribution >= 0.6 is 15.9 Å². The van der Waals surface area contributed by atoms with Crippen LogP contribution in [0.15, 0.2) is 41.1 Å². The highest BCUT2D eigenvalue weighted by molar-refractivity contribution is 9.10. The number of aromatic nitrogens is 1. The molecular formula is C14H13BrN2O3. The molecule has 20 heavy (non-hydrogen) atoms. The Bertz CT molecular complexity index is 609. The van der Waals surface area contributed by atoms with Gasteiger partial charge in [-0.05, 0) is 40.2 Å². The number of carbonyl (C=O) groups is 1. The number of nitrogens with zero attached hydrogens (tertiary/aromatic N) is 1. The molecule has 0 spiro atoms. The smallest absolute Gasteiger partial charge is 0.256 e. The second kappa shape index (κ2) is 6.38. The molecule has 0 bridgehead atoms. The number of nitrogens with one attached hydrogen (secondary N) is 1. The molecule has 0 aliphatic heterocycles. The van der Waals surface area contributed by atoms with Crippen molar-refractivity contribution in [2.24, 2.45) is 0 Å². The van der Waals surface area contributed by atoms with E-state index in [1.165, 1.54) is 14.2 Å². The first kappa shape index (κ1) is 14.3. The lowest BCUT2D eigenvalue weighted by Gasteiger charge is -2.09. The van der Waals surface area contributed by atoms with E-state index in [4.69, 9.17) is 9.47 Å². The van der Waals surface area contributed by atoms with Crippen molar-refractivity contribution >= 4 is 27.5 Å². The van der Waals surface area contributed by atoms with Crippen molar-refractivity contribution < 1.29 is 14.3 Å². The van der Waals surface area contributed by atoms with Gasteiger partial charge in [0.15, 0.2) is 0 Å². The molecule has 104 valence electrons. The zero-order chi connectivity index (χ0) is 14.5. The molecule has 1 aromatic heterocycles. The molecule has 1 heterocycles. The summed E-state index contributed by atoms with van der Waals surface area (Å²) in [5.74, 6) is 0.843. The summed E-state index contributed by atoms with van der Waals surface area (Å²) >= 11 is 3.28. The van der Waals surface area contributed by atoms with Crippen molar-refractivity contribution in [3.8, 4) is 11.5 Å². The Labute approximate surface area is 125 Å². The number of halogens is 1. The zero-order valence-electron chi connectivity index (χ0n) is 11.0. The summed E-state index contributed by atoms with van der Waals surface area (Å²) in [6.07, 6.45) is 1.63. The van der Waals surface area contributed by atoms with Gasteiger partial charge in [0.05, 0.1) is 19.9 Å². The van der Waals surface area contributed by atoms with Crippen LogP contribution < -0.4 is 14.8 Å². The summed E-state index contributed by atoms with van der Waals surface area (Å²) in [4.78, 5) is 16.3. The van der Waals surface area contributed by atoms with Crippen molar-refractivity contribution in [3.63, 3.8) is 0 Å². The normalized spacial score (nSPS) is 9.95. The molecule has 1 amide bonds. The minimum atomic E-state index is -0.268. The van der Waals surface area contributed by atoms with Crippen molar-refractivity contribution in [1.82, 2.24) is 4.98 Å². The standard InChI is InChI=1S/C14H13BrN2O3/c1-19-10-6-9(7-11(8-10)20-2)14(18)17-12-4-3-5-16-13(12)15/h3-8H,1-2H3,(H,17,18). The van der Waals surface area contributed by atoms with Gasteiger partial charge in [-0.3, -0.25) is 4.79 Å². The molecule has 2 aromatic rings. The van der Waals surface area contributed by atoms with Gasteiger partial charge in [0.1, 0.15) is 16.1 Å². The largest absolute Gasteiger partial charge is 0.497 e. The minimum absolute atomic E-state index is 0.268. The van der Waals surface area contributed by atoms with Gasteiger partial charge in [0, 0.05) is 17.8 Å². The quantitative estimate of drug-likeness (QED) is 0.871. The lowest BCUT2D eigenvalue weighted by molar-refractivity contribution is 0.102. The lowest BCUT2D eigenvalue weighted by Crippen LogP contribution is -2.12. The van der Waals surface area contributed by atoms with Crippen LogP contribution in [0.25, 0.3) is 0 Å². The fourth-order valence-corrected chi connectivity index (χ4v) is 1.96. The fourth-order valence-electron chi connectivity index (χ4n) is 1.61. The number of methoxy groups -OCH3 is 2. The van der Waals surface area contributed by atoms with Gasteiger partial charge in [0.25, 0.3) is 5.91 Å². The summed E-state index contributed by atoms with van der Waals surface area (Å²) in [6.45, 7) is 0. The molecule has 0 fully saturated rings. The lowest BCUT2D eigenvalue weighted by atomic mass is 10.2. The number of carbonyl (C=O) groups excluding carboxylic acids is 1. The molecule has 1 N–H and O–H groups in total. The van der Waals surface area contributed by atoms with Crippen LogP contribution in [-0.2, 0) is 0 Å². The summed E-state index contributed by atoms with van der Waals surface area (Å²) in [6, 6.07) is 8.49. The average Bonchev–Trinajstić information content (AvgIpc) is 2.48. The van der Waals surface area contributed by atoms with Crippen LogP contribution in [0.2, 0.25) is 0 Å². The summed E-state index contributed by atoms with van der Waals surface area (Å²) < 4.78 is 10.9. The Hall–Kier alpha value is -2.08. The summed E-state index contributed by atoms with van der Waals surface area (Å²) in [5, 5.41) is 2.77. The molecule has 0 aliphatic rings. The Morgan fingerprint density at radius 2 is 1.85 bits per heavy atom. The Balaban J connectivity index is 2.27. The maximum atomic E-state index is 12.2. The summed E-state index contributed by atoms with van der Waals surface area (Å²) in [7, 11) is 3.07. The van der Waals surface area contributed by atoms with Gasteiger partial charge in [-0.2, -0.15) is 0 Å². The van der Waals surface area contributed by atoms with Crippen LogP contribution in [0.3, 0.4) is 0 Å². The number of benzene rings is 1. The van der Waals surface area contributed by atoms with Gasteiger partial charge in [-0.15, -0.1) is 0 Å². The van der Waals surface area contributed by atoms with Crippen molar-refractivity contribution in [2.75, 3.05) is 19.5 Å². The molecular weight excluding hydrogens is 324 g/mol. The van der Waals surface area contributed by atoms with E-state index < -0.39 is 0 Å². The first-order valence-corrected chi connectivity index (χ1v) is 6.58. The number of anilines is 1. The van der Waals surface area contributed by atoms with E-state index in [0.717, 1.165) is 0 Å². The molecule has 1 aromatic carbocycles. The number of amides is 1. The maximum Gasteiger partial charge on any atom is 0.256 e. The van der Waals surface area contributed by atoms with E-state index in [9.17, 15) is 4.79 Å². The molecule has 0 radical (unpaired) electrons. The topological polar surface area (TPSA) is 60.5 Å². The molecule has 0 atom stereocenters. The van der Waals surface area contributed by atoms with Crippen molar-refractivity contribution in [1.29, 1.82) is 0 Å².